The van der Waals surface area contributed by atoms with Gasteiger partial charge >= 0.3 is 5.97 Å². The van der Waals surface area contributed by atoms with Crippen LogP contribution in [0.4, 0.5) is 0 Å². The Balaban J connectivity index is 1.58. The Morgan fingerprint density at radius 1 is 0.938 bits per heavy atom. The summed E-state index contributed by atoms with van der Waals surface area (Å²) in [5.41, 5.74) is 4.56. The maximum absolute atomic E-state index is 12.3. The predicted octanol–water partition coefficient (Wildman–Crippen LogP) is 4.14. The van der Waals surface area contributed by atoms with E-state index in [0.717, 1.165) is 5.56 Å². The van der Waals surface area contributed by atoms with E-state index in [1.165, 1.54) is 6.21 Å². The number of carbonyl (C=O) groups excluding carboxylic acids is 2. The van der Waals surface area contributed by atoms with Crippen molar-refractivity contribution in [2.75, 3.05) is 13.2 Å². The molecule has 32 heavy (non-hydrogen) atoms. The van der Waals surface area contributed by atoms with Crippen LogP contribution < -0.4 is 19.6 Å². The first-order chi connectivity index (χ1) is 15.5. The normalized spacial score (nSPS) is 10.6. The molecule has 0 aromatic heterocycles. The van der Waals surface area contributed by atoms with Gasteiger partial charge in [0.1, 0.15) is 5.75 Å². The summed E-state index contributed by atoms with van der Waals surface area (Å²) in [6, 6.07) is 21.1. The summed E-state index contributed by atoms with van der Waals surface area (Å²) in [6.45, 7) is 4.02. The standard InChI is InChI=1S/C25H24N2O5/c1-3-30-23-15-19(12-13-22(23)32-25(29)20-9-5-4-6-10-20)16-26-27-24(28)17-31-21-11-7-8-18(2)14-21/h4-16H,3,17H2,1-2H3,(H,27,28)/b26-16+. The second kappa shape index (κ2) is 11.3. The van der Waals surface area contributed by atoms with Crippen LogP contribution in [0.25, 0.3) is 0 Å². The lowest BCUT2D eigenvalue weighted by Gasteiger charge is -2.11. The van der Waals surface area contributed by atoms with Crippen molar-refractivity contribution in [1.82, 2.24) is 5.43 Å². The predicted molar refractivity (Wildman–Crippen MR) is 121 cm³/mol. The average Bonchev–Trinajstić information content (AvgIpc) is 2.80. The number of hydrogen-bond donors (Lipinski definition) is 1. The van der Waals surface area contributed by atoms with Crippen LogP contribution in [0.15, 0.2) is 77.9 Å². The molecule has 0 saturated heterocycles. The van der Waals surface area contributed by atoms with Crippen molar-refractivity contribution in [3.8, 4) is 17.2 Å². The van der Waals surface area contributed by atoms with Gasteiger partial charge in [-0.15, -0.1) is 0 Å². The number of carbonyl (C=O) groups is 2. The fraction of sp³-hybridized carbons (Fsp3) is 0.160. The van der Waals surface area contributed by atoms with Gasteiger partial charge in [-0.3, -0.25) is 4.79 Å². The molecule has 0 aliphatic heterocycles. The third-order valence-electron chi connectivity index (χ3n) is 4.24. The lowest BCUT2D eigenvalue weighted by atomic mass is 10.2. The van der Waals surface area contributed by atoms with Gasteiger partial charge in [0.15, 0.2) is 18.1 Å². The lowest BCUT2D eigenvalue weighted by molar-refractivity contribution is -0.123. The summed E-state index contributed by atoms with van der Waals surface area (Å²) in [5.74, 6) is 0.449. The van der Waals surface area contributed by atoms with Crippen LogP contribution in [-0.2, 0) is 4.79 Å². The molecule has 1 N–H and O–H groups in total. The third-order valence-corrected chi connectivity index (χ3v) is 4.24. The molecule has 1 amide bonds. The van der Waals surface area contributed by atoms with Gasteiger partial charge < -0.3 is 14.2 Å². The smallest absolute Gasteiger partial charge is 0.343 e. The van der Waals surface area contributed by atoms with Crippen molar-refractivity contribution in [2.24, 2.45) is 5.10 Å². The first-order valence-electron chi connectivity index (χ1n) is 10.1. The Morgan fingerprint density at radius 2 is 1.75 bits per heavy atom. The molecule has 0 unspecified atom stereocenters. The van der Waals surface area contributed by atoms with Crippen LogP contribution in [0.2, 0.25) is 0 Å². The molecule has 0 saturated carbocycles. The van der Waals surface area contributed by atoms with Gasteiger partial charge in [0.05, 0.1) is 18.4 Å². The van der Waals surface area contributed by atoms with Crippen LogP contribution in [0, 0.1) is 6.92 Å². The van der Waals surface area contributed by atoms with Crippen molar-refractivity contribution in [3.63, 3.8) is 0 Å². The minimum Gasteiger partial charge on any atom is -0.490 e. The fourth-order valence-corrected chi connectivity index (χ4v) is 2.76. The first-order valence-corrected chi connectivity index (χ1v) is 10.1. The number of esters is 1. The van der Waals surface area contributed by atoms with E-state index in [1.54, 1.807) is 48.5 Å². The summed E-state index contributed by atoms with van der Waals surface area (Å²) in [5, 5.41) is 3.94. The van der Waals surface area contributed by atoms with Crippen LogP contribution in [0.3, 0.4) is 0 Å². The second-order valence-corrected chi connectivity index (χ2v) is 6.79. The Bertz CT molecular complexity index is 1100. The summed E-state index contributed by atoms with van der Waals surface area (Å²) in [4.78, 5) is 24.3. The van der Waals surface area contributed by atoms with E-state index in [2.05, 4.69) is 10.5 Å². The Morgan fingerprint density at radius 3 is 2.50 bits per heavy atom. The molecule has 7 nitrogen and oxygen atoms in total. The molecular formula is C25H24N2O5. The van der Waals surface area contributed by atoms with Crippen LogP contribution in [-0.4, -0.2) is 31.3 Å². The molecule has 164 valence electrons. The monoisotopic (exact) mass is 432 g/mol. The number of hydrazone groups is 1. The van der Waals surface area contributed by atoms with E-state index in [4.69, 9.17) is 14.2 Å². The minimum atomic E-state index is -0.478. The number of rotatable bonds is 9. The molecule has 0 radical (unpaired) electrons. The van der Waals surface area contributed by atoms with Gasteiger partial charge in [0.25, 0.3) is 5.91 Å². The zero-order valence-corrected chi connectivity index (χ0v) is 17.9. The largest absolute Gasteiger partial charge is 0.490 e. The summed E-state index contributed by atoms with van der Waals surface area (Å²) in [6.07, 6.45) is 1.47. The van der Waals surface area contributed by atoms with E-state index in [9.17, 15) is 9.59 Å². The average molecular weight is 432 g/mol. The summed E-state index contributed by atoms with van der Waals surface area (Å²) in [7, 11) is 0. The molecule has 3 aromatic carbocycles. The number of aryl methyl sites for hydroxylation is 1. The van der Waals surface area contributed by atoms with E-state index in [0.29, 0.717) is 35.0 Å². The molecule has 0 heterocycles. The number of amides is 1. The fourth-order valence-electron chi connectivity index (χ4n) is 2.76. The quantitative estimate of drug-likeness (QED) is 0.238. The van der Waals surface area contributed by atoms with E-state index in [1.807, 2.05) is 38.1 Å². The highest BCUT2D eigenvalue weighted by molar-refractivity contribution is 5.91. The van der Waals surface area contributed by atoms with Gasteiger partial charge in [-0.2, -0.15) is 5.10 Å². The van der Waals surface area contributed by atoms with E-state index >= 15 is 0 Å². The second-order valence-electron chi connectivity index (χ2n) is 6.79. The first kappa shape index (κ1) is 22.6. The molecule has 0 atom stereocenters. The zero-order valence-electron chi connectivity index (χ0n) is 17.9. The van der Waals surface area contributed by atoms with Crippen molar-refractivity contribution in [3.05, 3.63) is 89.5 Å². The van der Waals surface area contributed by atoms with E-state index < -0.39 is 5.97 Å². The van der Waals surface area contributed by atoms with Crippen molar-refractivity contribution in [2.45, 2.75) is 13.8 Å². The number of benzene rings is 3. The van der Waals surface area contributed by atoms with Gasteiger partial charge in [-0.1, -0.05) is 30.3 Å². The minimum absolute atomic E-state index is 0.153. The van der Waals surface area contributed by atoms with Crippen molar-refractivity contribution < 1.29 is 23.8 Å². The van der Waals surface area contributed by atoms with Crippen LogP contribution >= 0.6 is 0 Å². The highest BCUT2D eigenvalue weighted by Crippen LogP contribution is 2.29. The Kier molecular flexibility index (Phi) is 7.97. The Labute approximate surface area is 186 Å². The van der Waals surface area contributed by atoms with Crippen LogP contribution in [0.1, 0.15) is 28.4 Å². The summed E-state index contributed by atoms with van der Waals surface area (Å²) >= 11 is 0. The van der Waals surface area contributed by atoms with Gasteiger partial charge in [0.2, 0.25) is 0 Å². The molecule has 0 fully saturated rings. The van der Waals surface area contributed by atoms with Gasteiger partial charge in [0, 0.05) is 0 Å². The molecule has 0 spiro atoms. The number of ether oxygens (including phenoxy) is 3. The maximum Gasteiger partial charge on any atom is 0.343 e. The van der Waals surface area contributed by atoms with Crippen LogP contribution in [0.5, 0.6) is 17.2 Å². The lowest BCUT2D eigenvalue weighted by Crippen LogP contribution is -2.24. The number of hydrogen-bond acceptors (Lipinski definition) is 6. The topological polar surface area (TPSA) is 86.2 Å². The SMILES string of the molecule is CCOc1cc(/C=N/NC(=O)COc2cccc(C)c2)ccc1OC(=O)c1ccccc1. The maximum atomic E-state index is 12.3. The van der Waals surface area contributed by atoms with Gasteiger partial charge in [-0.05, 0) is 67.4 Å². The number of nitrogens with one attached hydrogen (secondary N) is 1. The molecule has 7 heteroatoms. The van der Waals surface area contributed by atoms with Gasteiger partial charge in [-0.25, -0.2) is 10.2 Å². The molecule has 0 aliphatic carbocycles. The third kappa shape index (κ3) is 6.70. The van der Waals surface area contributed by atoms with E-state index in [-0.39, 0.29) is 12.5 Å². The number of nitrogens with zero attached hydrogens (tertiary/aromatic N) is 1. The van der Waals surface area contributed by atoms with Crippen molar-refractivity contribution >= 4 is 18.1 Å². The molecule has 0 aliphatic rings. The van der Waals surface area contributed by atoms with Crippen molar-refractivity contribution in [1.29, 1.82) is 0 Å². The highest BCUT2D eigenvalue weighted by Gasteiger charge is 2.13. The highest BCUT2D eigenvalue weighted by atomic mass is 16.6. The zero-order chi connectivity index (χ0) is 22.8. The molecule has 3 aromatic rings. The molecule has 0 bridgehead atoms. The Hall–Kier alpha value is -4.13. The molecular weight excluding hydrogens is 408 g/mol. The summed E-state index contributed by atoms with van der Waals surface area (Å²) < 4.78 is 16.5. The molecule has 3 rings (SSSR count).